The van der Waals surface area contributed by atoms with Gasteiger partial charge < -0.3 is 14.6 Å². The average molecular weight is 312 g/mol. The molecule has 5 heteroatoms. The first-order chi connectivity index (χ1) is 10.2. The van der Waals surface area contributed by atoms with Crippen molar-refractivity contribution in [3.63, 3.8) is 0 Å². The smallest absolute Gasteiger partial charge is 0.169 e. The average Bonchev–Trinajstić information content (AvgIpc) is 2.34. The van der Waals surface area contributed by atoms with E-state index in [1.807, 2.05) is 0 Å². The number of carbonyl (C=O) groups excluding carboxylic acids is 2. The fraction of sp³-hybridized carbons (Fsp3) is 0.882. The van der Waals surface area contributed by atoms with Gasteiger partial charge in [-0.3, -0.25) is 9.59 Å². The molecule has 2 rings (SSSR count). The van der Waals surface area contributed by atoms with Gasteiger partial charge in [-0.15, -0.1) is 0 Å². The highest BCUT2D eigenvalue weighted by Crippen LogP contribution is 2.44. The third-order valence-electron chi connectivity index (χ3n) is 4.65. The molecule has 22 heavy (non-hydrogen) atoms. The summed E-state index contributed by atoms with van der Waals surface area (Å²) in [5, 5.41) is 10.1. The maximum absolute atomic E-state index is 11.5. The van der Waals surface area contributed by atoms with E-state index in [9.17, 15) is 14.7 Å². The monoisotopic (exact) mass is 312 g/mol. The van der Waals surface area contributed by atoms with E-state index in [2.05, 4.69) is 13.8 Å². The Bertz CT molecular complexity index is 431. The van der Waals surface area contributed by atoms with E-state index in [0.717, 1.165) is 19.3 Å². The normalized spacial score (nSPS) is 40.4. The molecule has 2 fully saturated rings. The molecule has 2 aliphatic rings. The Kier molecular flexibility index (Phi) is 5.41. The van der Waals surface area contributed by atoms with Crippen LogP contribution < -0.4 is 0 Å². The summed E-state index contributed by atoms with van der Waals surface area (Å²) in [5.41, 5.74) is 0. The summed E-state index contributed by atoms with van der Waals surface area (Å²) in [4.78, 5) is 22.9. The van der Waals surface area contributed by atoms with Gasteiger partial charge in [-0.25, -0.2) is 0 Å². The van der Waals surface area contributed by atoms with Gasteiger partial charge in [-0.2, -0.15) is 0 Å². The van der Waals surface area contributed by atoms with Crippen molar-refractivity contribution >= 4 is 11.6 Å². The maximum atomic E-state index is 11.5. The fourth-order valence-electron chi connectivity index (χ4n) is 3.95. The second-order valence-electron chi connectivity index (χ2n) is 7.36. The summed E-state index contributed by atoms with van der Waals surface area (Å²) >= 11 is 0. The second kappa shape index (κ2) is 6.77. The Morgan fingerprint density at radius 1 is 1.14 bits per heavy atom. The van der Waals surface area contributed by atoms with Gasteiger partial charge in [0.1, 0.15) is 11.9 Å². The van der Waals surface area contributed by atoms with E-state index < -0.39 is 18.0 Å². The van der Waals surface area contributed by atoms with E-state index in [1.54, 1.807) is 6.92 Å². The molecule has 0 aromatic rings. The lowest BCUT2D eigenvalue weighted by atomic mass is 9.81. The summed E-state index contributed by atoms with van der Waals surface area (Å²) in [6.45, 7) is 7.17. The number of ether oxygens (including phenoxy) is 2. The second-order valence-corrected chi connectivity index (χ2v) is 7.36. The Labute approximate surface area is 132 Å². The number of rotatable bonds is 4. The van der Waals surface area contributed by atoms with E-state index in [0.29, 0.717) is 24.7 Å². The molecule has 0 saturated carbocycles. The summed E-state index contributed by atoms with van der Waals surface area (Å²) in [7, 11) is 0. The zero-order valence-corrected chi connectivity index (χ0v) is 14.0. The number of Topliss-reactive ketones (excluding diaryl/α,β-unsaturated/α-hetero) is 2. The lowest BCUT2D eigenvalue weighted by Gasteiger charge is -2.50. The number of aliphatic hydroxyl groups excluding tert-OH is 1. The predicted octanol–water partition coefficient (Wildman–Crippen LogP) is 2.24. The summed E-state index contributed by atoms with van der Waals surface area (Å²) in [6, 6.07) is 0. The molecule has 2 saturated heterocycles. The molecule has 2 aliphatic heterocycles. The standard InChI is InChI=1S/C17H28O5/c1-10-5-14(7-12(3)18)21-17(8-10)9-11(2)6-15(22-17)16(20)13(4)19/h10-11,14-16,20H,5-9H2,1-4H3/t10?,11?,14?,15-,16-,17?/m0/s1. The summed E-state index contributed by atoms with van der Waals surface area (Å²) in [5.74, 6) is -0.248. The SMILES string of the molecule is CC(=O)CC1CC(C)CC2(CC(C)C[C@@H]([C@@H](O)C(C)=O)O2)O1. The summed E-state index contributed by atoms with van der Waals surface area (Å²) < 4.78 is 12.2. The first-order valence-electron chi connectivity index (χ1n) is 8.24. The number of hydrogen-bond acceptors (Lipinski definition) is 5. The van der Waals surface area contributed by atoms with Crippen LogP contribution in [0.25, 0.3) is 0 Å². The Morgan fingerprint density at radius 2 is 1.73 bits per heavy atom. The Morgan fingerprint density at radius 3 is 2.27 bits per heavy atom. The lowest BCUT2D eigenvalue weighted by Crippen LogP contribution is -2.55. The van der Waals surface area contributed by atoms with Crippen LogP contribution in [0.3, 0.4) is 0 Å². The number of aliphatic hydroxyl groups is 1. The number of ketones is 2. The van der Waals surface area contributed by atoms with Crippen molar-refractivity contribution in [2.45, 2.75) is 83.9 Å². The van der Waals surface area contributed by atoms with E-state index in [4.69, 9.17) is 9.47 Å². The van der Waals surface area contributed by atoms with Crippen molar-refractivity contribution in [2.75, 3.05) is 0 Å². The predicted molar refractivity (Wildman–Crippen MR) is 81.3 cm³/mol. The van der Waals surface area contributed by atoms with Gasteiger partial charge in [0.25, 0.3) is 0 Å². The van der Waals surface area contributed by atoms with Crippen LogP contribution in [-0.2, 0) is 19.1 Å². The lowest BCUT2D eigenvalue weighted by molar-refractivity contribution is -0.335. The molecule has 4 unspecified atom stereocenters. The molecule has 0 radical (unpaired) electrons. The zero-order chi connectivity index (χ0) is 16.5. The topological polar surface area (TPSA) is 72.8 Å². The van der Waals surface area contributed by atoms with Crippen LogP contribution in [-0.4, -0.2) is 40.8 Å². The molecule has 0 aliphatic carbocycles. The molecule has 2 heterocycles. The van der Waals surface area contributed by atoms with Crippen LogP contribution in [0.2, 0.25) is 0 Å². The molecule has 126 valence electrons. The largest absolute Gasteiger partial charge is 0.383 e. The van der Waals surface area contributed by atoms with E-state index >= 15 is 0 Å². The molecular formula is C17H28O5. The first-order valence-corrected chi connectivity index (χ1v) is 8.24. The van der Waals surface area contributed by atoms with Gasteiger partial charge in [-0.1, -0.05) is 13.8 Å². The molecule has 0 aromatic carbocycles. The van der Waals surface area contributed by atoms with Crippen molar-refractivity contribution in [1.29, 1.82) is 0 Å². The van der Waals surface area contributed by atoms with E-state index in [-0.39, 0.29) is 17.7 Å². The van der Waals surface area contributed by atoms with Gasteiger partial charge in [-0.05, 0) is 38.5 Å². The van der Waals surface area contributed by atoms with Crippen molar-refractivity contribution < 1.29 is 24.2 Å². The number of hydrogen-bond donors (Lipinski definition) is 1. The fourth-order valence-corrected chi connectivity index (χ4v) is 3.95. The van der Waals surface area contributed by atoms with Gasteiger partial charge in [0, 0.05) is 19.3 Å². The molecule has 0 amide bonds. The third kappa shape index (κ3) is 4.15. The minimum atomic E-state index is -1.10. The molecule has 1 spiro atoms. The molecule has 6 atom stereocenters. The minimum Gasteiger partial charge on any atom is -0.383 e. The molecule has 1 N–H and O–H groups in total. The highest BCUT2D eigenvalue weighted by atomic mass is 16.7. The third-order valence-corrected chi connectivity index (χ3v) is 4.65. The quantitative estimate of drug-likeness (QED) is 0.862. The van der Waals surface area contributed by atoms with Crippen LogP contribution >= 0.6 is 0 Å². The van der Waals surface area contributed by atoms with Crippen molar-refractivity contribution in [2.24, 2.45) is 11.8 Å². The first kappa shape index (κ1) is 17.6. The highest BCUT2D eigenvalue weighted by Gasteiger charge is 2.48. The Hall–Kier alpha value is -0.780. The Balaban J connectivity index is 2.15. The van der Waals surface area contributed by atoms with Crippen LogP contribution in [0.5, 0.6) is 0 Å². The minimum absolute atomic E-state index is 0.110. The van der Waals surface area contributed by atoms with Crippen molar-refractivity contribution in [1.82, 2.24) is 0 Å². The molecular weight excluding hydrogens is 284 g/mol. The van der Waals surface area contributed by atoms with Gasteiger partial charge in [0.2, 0.25) is 0 Å². The van der Waals surface area contributed by atoms with Gasteiger partial charge >= 0.3 is 0 Å². The summed E-state index contributed by atoms with van der Waals surface area (Å²) in [6.07, 6.45) is 1.61. The molecule has 0 aromatic heterocycles. The molecule has 0 bridgehead atoms. The van der Waals surface area contributed by atoms with Crippen molar-refractivity contribution in [3.05, 3.63) is 0 Å². The van der Waals surface area contributed by atoms with Crippen LogP contribution in [0.1, 0.15) is 59.8 Å². The van der Waals surface area contributed by atoms with Crippen LogP contribution in [0.15, 0.2) is 0 Å². The van der Waals surface area contributed by atoms with E-state index in [1.165, 1.54) is 6.92 Å². The molecule has 5 nitrogen and oxygen atoms in total. The van der Waals surface area contributed by atoms with Crippen LogP contribution in [0.4, 0.5) is 0 Å². The highest BCUT2D eigenvalue weighted by molar-refractivity contribution is 5.80. The van der Waals surface area contributed by atoms with Crippen molar-refractivity contribution in [3.8, 4) is 0 Å². The van der Waals surface area contributed by atoms with Gasteiger partial charge in [0.05, 0.1) is 12.2 Å². The zero-order valence-electron chi connectivity index (χ0n) is 14.0. The van der Waals surface area contributed by atoms with Crippen LogP contribution in [0, 0.1) is 11.8 Å². The number of carbonyl (C=O) groups is 2. The maximum Gasteiger partial charge on any atom is 0.169 e. The van der Waals surface area contributed by atoms with Gasteiger partial charge in [0.15, 0.2) is 11.6 Å².